The lowest BCUT2D eigenvalue weighted by Gasteiger charge is -2.10. The molecule has 0 bridgehead atoms. The summed E-state index contributed by atoms with van der Waals surface area (Å²) in [7, 11) is 0. The van der Waals surface area contributed by atoms with E-state index in [4.69, 9.17) is 29.9 Å². The SMILES string of the molecule is c1cc(-c2ccc3cc(-c4ccc5ccc(-c6cnc7ccccc7c6)nc5c4)ccc3n2)cc(-c2ccc3ccc4cccnc4c3n2)c1.c1ccc2ncc(-c3ccc4ccc(-c5ccc6nc(-c7ccc(-c8ccc9ccc%10cccnc%10c9n8)cc7)ccc6c5)cc4n3)cc2c1. The first kappa shape index (κ1) is 57.7. The Hall–Kier alpha value is -13.7. The first-order chi connectivity index (χ1) is 49.4. The van der Waals surface area contributed by atoms with Crippen molar-refractivity contribution in [3.05, 3.63) is 328 Å². The van der Waals surface area contributed by atoms with Crippen molar-refractivity contribution < 1.29 is 0 Å². The molecule has 0 aliphatic heterocycles. The third-order valence-corrected chi connectivity index (χ3v) is 19.0. The van der Waals surface area contributed by atoms with Gasteiger partial charge in [-0.15, -0.1) is 0 Å². The monoisotopic (exact) mass is 1270 g/mol. The quantitative estimate of drug-likeness (QED) is 0.136. The Bertz CT molecular complexity index is 6690. The molecule has 10 heterocycles. The maximum Gasteiger partial charge on any atom is 0.0972 e. The number of hydrogen-bond donors (Lipinski definition) is 0. The average molecular weight is 1280 g/mol. The van der Waals surface area contributed by atoms with Crippen LogP contribution in [0.3, 0.4) is 0 Å². The third kappa shape index (κ3) is 10.8. The molecule has 0 fully saturated rings. The van der Waals surface area contributed by atoms with E-state index in [2.05, 4.69) is 275 Å². The van der Waals surface area contributed by atoms with Crippen molar-refractivity contribution in [2.45, 2.75) is 0 Å². The lowest BCUT2D eigenvalue weighted by atomic mass is 10.00. The van der Waals surface area contributed by atoms with E-state index in [0.717, 1.165) is 199 Å². The topological polar surface area (TPSA) is 129 Å². The number of pyridine rings is 10. The van der Waals surface area contributed by atoms with Crippen molar-refractivity contribution in [3.63, 3.8) is 0 Å². The predicted molar refractivity (Wildman–Crippen MR) is 409 cm³/mol. The first-order valence-corrected chi connectivity index (χ1v) is 33.3. The fraction of sp³-hybridized carbons (Fsp3) is 0. The zero-order valence-electron chi connectivity index (χ0n) is 53.6. The summed E-state index contributed by atoms with van der Waals surface area (Å²) in [5.41, 5.74) is 25.7. The summed E-state index contributed by atoms with van der Waals surface area (Å²) in [6.45, 7) is 0. The predicted octanol–water partition coefficient (Wildman–Crippen LogP) is 22.2. The normalized spacial score (nSPS) is 11.6. The second-order valence-corrected chi connectivity index (χ2v) is 25.2. The highest BCUT2D eigenvalue weighted by Gasteiger charge is 2.15. The molecule has 10 aromatic heterocycles. The molecule has 0 atom stereocenters. The van der Waals surface area contributed by atoms with E-state index < -0.39 is 0 Å². The summed E-state index contributed by atoms with van der Waals surface area (Å²) >= 11 is 0. The van der Waals surface area contributed by atoms with Crippen LogP contribution in [0.1, 0.15) is 0 Å². The van der Waals surface area contributed by atoms with Gasteiger partial charge in [-0.2, -0.15) is 0 Å². The highest BCUT2D eigenvalue weighted by molar-refractivity contribution is 6.05. The second-order valence-electron chi connectivity index (χ2n) is 25.2. The molecule has 0 saturated carbocycles. The molecule has 10 heteroatoms. The molecule has 0 spiro atoms. The zero-order chi connectivity index (χ0) is 66.0. The number of fused-ring (bicyclic) bond motifs is 12. The third-order valence-electron chi connectivity index (χ3n) is 19.0. The number of nitrogens with zero attached hydrogens (tertiary/aromatic N) is 10. The van der Waals surface area contributed by atoms with Crippen molar-refractivity contribution in [3.8, 4) is 89.8 Å². The van der Waals surface area contributed by atoms with Gasteiger partial charge < -0.3 is 0 Å². The molecule has 0 radical (unpaired) electrons. The molecule has 10 aromatic carbocycles. The molecule has 464 valence electrons. The largest absolute Gasteiger partial charge is 0.256 e. The summed E-state index contributed by atoms with van der Waals surface area (Å²) in [6, 6.07) is 105. The minimum Gasteiger partial charge on any atom is -0.256 e. The van der Waals surface area contributed by atoms with Gasteiger partial charge >= 0.3 is 0 Å². The molecule has 0 unspecified atom stereocenters. The summed E-state index contributed by atoms with van der Waals surface area (Å²) in [5.74, 6) is 0. The Labute approximate surface area is 573 Å². The Balaban J connectivity index is 0.000000139. The Kier molecular flexibility index (Phi) is 14.0. The van der Waals surface area contributed by atoms with E-state index in [9.17, 15) is 0 Å². The Morgan fingerprint density at radius 2 is 0.470 bits per heavy atom. The van der Waals surface area contributed by atoms with Crippen LogP contribution in [0.4, 0.5) is 0 Å². The van der Waals surface area contributed by atoms with Gasteiger partial charge in [-0.1, -0.05) is 188 Å². The molecule has 0 aliphatic carbocycles. The van der Waals surface area contributed by atoms with Crippen molar-refractivity contribution in [1.82, 2.24) is 49.8 Å². The first-order valence-electron chi connectivity index (χ1n) is 33.3. The Morgan fingerprint density at radius 3 is 0.960 bits per heavy atom. The van der Waals surface area contributed by atoms with E-state index in [1.54, 1.807) is 0 Å². The average Bonchev–Trinajstić information content (AvgIpc) is 0.782. The van der Waals surface area contributed by atoms with Gasteiger partial charge in [0, 0.05) is 112 Å². The fourth-order valence-corrected chi connectivity index (χ4v) is 13.7. The van der Waals surface area contributed by atoms with Crippen molar-refractivity contribution in [2.75, 3.05) is 0 Å². The smallest absolute Gasteiger partial charge is 0.0972 e. The van der Waals surface area contributed by atoms with Gasteiger partial charge in [-0.3, -0.25) is 19.9 Å². The number of benzene rings is 10. The van der Waals surface area contributed by atoms with Gasteiger partial charge in [0.2, 0.25) is 0 Å². The highest BCUT2D eigenvalue weighted by Crippen LogP contribution is 2.36. The Morgan fingerprint density at radius 1 is 0.150 bits per heavy atom. The van der Waals surface area contributed by atoms with Gasteiger partial charge in [0.15, 0.2) is 0 Å². The molecule has 0 amide bonds. The summed E-state index contributed by atoms with van der Waals surface area (Å²) in [4.78, 5) is 48.8. The van der Waals surface area contributed by atoms with Gasteiger partial charge in [-0.25, -0.2) is 29.9 Å². The zero-order valence-corrected chi connectivity index (χ0v) is 53.6. The molecule has 0 saturated heterocycles. The number of para-hydroxylation sites is 2. The van der Waals surface area contributed by atoms with Crippen LogP contribution < -0.4 is 0 Å². The molecular weight excluding hydrogens is 1220 g/mol. The van der Waals surface area contributed by atoms with Crippen LogP contribution in [-0.2, 0) is 0 Å². The van der Waals surface area contributed by atoms with E-state index in [1.165, 1.54) is 0 Å². The van der Waals surface area contributed by atoms with Crippen LogP contribution in [0.15, 0.2) is 328 Å². The maximum atomic E-state index is 5.07. The van der Waals surface area contributed by atoms with Crippen molar-refractivity contribution >= 4 is 109 Å². The van der Waals surface area contributed by atoms with Crippen LogP contribution in [0.5, 0.6) is 0 Å². The maximum absolute atomic E-state index is 5.07. The molecule has 10 nitrogen and oxygen atoms in total. The summed E-state index contributed by atoms with van der Waals surface area (Å²) in [5, 5.41) is 10.9. The van der Waals surface area contributed by atoms with Crippen molar-refractivity contribution in [2.24, 2.45) is 0 Å². The van der Waals surface area contributed by atoms with Crippen molar-refractivity contribution in [1.29, 1.82) is 0 Å². The molecule has 20 rings (SSSR count). The van der Waals surface area contributed by atoms with Gasteiger partial charge in [0.25, 0.3) is 0 Å². The minimum atomic E-state index is 0.911. The van der Waals surface area contributed by atoms with E-state index in [-0.39, 0.29) is 0 Å². The van der Waals surface area contributed by atoms with Gasteiger partial charge in [0.05, 0.1) is 89.3 Å². The summed E-state index contributed by atoms with van der Waals surface area (Å²) in [6.07, 6.45) is 7.46. The molecule has 20 aromatic rings. The summed E-state index contributed by atoms with van der Waals surface area (Å²) < 4.78 is 0. The van der Waals surface area contributed by atoms with Crippen LogP contribution in [-0.4, -0.2) is 49.8 Å². The van der Waals surface area contributed by atoms with Gasteiger partial charge in [0.1, 0.15) is 0 Å². The minimum absolute atomic E-state index is 0.911. The fourth-order valence-electron chi connectivity index (χ4n) is 13.7. The van der Waals surface area contributed by atoms with Crippen LogP contribution in [0.2, 0.25) is 0 Å². The van der Waals surface area contributed by atoms with E-state index in [1.807, 2.05) is 73.3 Å². The van der Waals surface area contributed by atoms with Crippen LogP contribution in [0.25, 0.3) is 199 Å². The number of aromatic nitrogens is 10. The molecule has 0 N–H and O–H groups in total. The van der Waals surface area contributed by atoms with Crippen LogP contribution in [0, 0.1) is 0 Å². The number of hydrogen-bond acceptors (Lipinski definition) is 10. The second kappa shape index (κ2) is 24.2. The van der Waals surface area contributed by atoms with E-state index >= 15 is 0 Å². The van der Waals surface area contributed by atoms with Crippen LogP contribution >= 0.6 is 0 Å². The lowest BCUT2D eigenvalue weighted by molar-refractivity contribution is 1.35. The lowest BCUT2D eigenvalue weighted by Crippen LogP contribution is -1.90. The molecular formula is C90H54N10. The van der Waals surface area contributed by atoms with Gasteiger partial charge in [-0.05, 0) is 138 Å². The molecule has 0 aliphatic rings. The number of rotatable bonds is 8. The molecule has 100 heavy (non-hydrogen) atoms. The standard InChI is InChI=1S/2C45H27N5/c1-2-9-38-33(5-1)25-37(27-47-38)42-18-14-28-10-13-32(26-43(28)49-42)31-16-20-40-36(23-31)17-21-39(48-40)34-6-3-7-35(24-34)41-19-15-30-12-11-29-8-4-22-46-44(29)45(30)50-41;1-2-6-38-35(4-1)25-37(27-47-38)42-19-15-30-11-14-34(26-43(30)49-42)33-17-21-41-36(24-33)18-22-39(48-41)28-7-9-29(10-8-28)40-20-16-32-13-12-31-5-3-23-46-44(31)45(32)50-40/h2*1-27H. The highest BCUT2D eigenvalue weighted by atomic mass is 14.8. The van der Waals surface area contributed by atoms with E-state index in [0.29, 0.717) is 0 Å².